The van der Waals surface area contributed by atoms with E-state index in [4.69, 9.17) is 0 Å². The standard InChI is InChI=1S/C16H16N2O/c1-12-7-9-14(10-8-12)16(19)18-17-11-15-6-4-3-5-13(15)2/h3-11H,1-2H3,(H,18,19)/b17-11+. The van der Waals surface area contributed by atoms with Crippen LogP contribution in [0, 0.1) is 13.8 Å². The number of nitrogens with one attached hydrogen (secondary N) is 1. The lowest BCUT2D eigenvalue weighted by atomic mass is 10.1. The molecule has 0 spiro atoms. The molecule has 0 atom stereocenters. The van der Waals surface area contributed by atoms with Gasteiger partial charge in [0.1, 0.15) is 0 Å². The van der Waals surface area contributed by atoms with Gasteiger partial charge >= 0.3 is 0 Å². The van der Waals surface area contributed by atoms with Crippen molar-refractivity contribution in [1.82, 2.24) is 5.43 Å². The van der Waals surface area contributed by atoms with Gasteiger partial charge < -0.3 is 0 Å². The molecule has 96 valence electrons. The quantitative estimate of drug-likeness (QED) is 0.662. The molecule has 0 radical (unpaired) electrons. The summed E-state index contributed by atoms with van der Waals surface area (Å²) in [6.45, 7) is 3.99. The van der Waals surface area contributed by atoms with Gasteiger partial charge in [0.2, 0.25) is 0 Å². The molecule has 0 aliphatic rings. The first-order valence-electron chi connectivity index (χ1n) is 6.12. The number of benzene rings is 2. The van der Waals surface area contributed by atoms with Gasteiger partial charge in [-0.2, -0.15) is 5.10 Å². The fraction of sp³-hybridized carbons (Fsp3) is 0.125. The molecule has 2 rings (SSSR count). The SMILES string of the molecule is Cc1ccc(C(=O)N/N=C/c2ccccc2C)cc1. The largest absolute Gasteiger partial charge is 0.271 e. The minimum Gasteiger partial charge on any atom is -0.267 e. The molecular formula is C16H16N2O. The predicted molar refractivity (Wildman–Crippen MR) is 77.4 cm³/mol. The van der Waals surface area contributed by atoms with Crippen LogP contribution < -0.4 is 5.43 Å². The number of carbonyl (C=O) groups excluding carboxylic acids is 1. The lowest BCUT2D eigenvalue weighted by molar-refractivity contribution is 0.0955. The Morgan fingerprint density at radius 3 is 2.42 bits per heavy atom. The predicted octanol–water partition coefficient (Wildman–Crippen LogP) is 3.07. The van der Waals surface area contributed by atoms with Crippen LogP contribution in [-0.2, 0) is 0 Å². The molecule has 3 nitrogen and oxygen atoms in total. The number of nitrogens with zero attached hydrogens (tertiary/aromatic N) is 1. The summed E-state index contributed by atoms with van der Waals surface area (Å²) in [6.07, 6.45) is 1.65. The van der Waals surface area contributed by atoms with Crippen LogP contribution in [0.5, 0.6) is 0 Å². The van der Waals surface area contributed by atoms with E-state index in [1.54, 1.807) is 18.3 Å². The van der Waals surface area contributed by atoms with Crippen molar-refractivity contribution in [1.29, 1.82) is 0 Å². The van der Waals surface area contributed by atoms with Crippen molar-refractivity contribution in [3.63, 3.8) is 0 Å². The van der Waals surface area contributed by atoms with Crippen molar-refractivity contribution in [2.24, 2.45) is 5.10 Å². The number of rotatable bonds is 3. The Morgan fingerprint density at radius 1 is 1.05 bits per heavy atom. The first-order chi connectivity index (χ1) is 9.16. The summed E-state index contributed by atoms with van der Waals surface area (Å²) in [5.41, 5.74) is 6.37. The lowest BCUT2D eigenvalue weighted by Gasteiger charge is -2.01. The smallest absolute Gasteiger partial charge is 0.267 e. The number of hydrogen-bond donors (Lipinski definition) is 1. The molecule has 2 aromatic rings. The molecule has 2 aromatic carbocycles. The highest BCUT2D eigenvalue weighted by Crippen LogP contribution is 2.04. The number of aryl methyl sites for hydroxylation is 2. The van der Waals surface area contributed by atoms with Gasteiger partial charge in [0.15, 0.2) is 0 Å². The third-order valence-corrected chi connectivity index (χ3v) is 2.87. The molecule has 0 fully saturated rings. The van der Waals surface area contributed by atoms with Crippen LogP contribution in [0.25, 0.3) is 0 Å². The number of amides is 1. The summed E-state index contributed by atoms with van der Waals surface area (Å²) in [6, 6.07) is 15.2. The van der Waals surface area contributed by atoms with E-state index in [0.29, 0.717) is 5.56 Å². The van der Waals surface area contributed by atoms with Gasteiger partial charge in [-0.3, -0.25) is 4.79 Å². The summed E-state index contributed by atoms with van der Waals surface area (Å²) < 4.78 is 0. The average molecular weight is 252 g/mol. The van der Waals surface area contributed by atoms with Crippen LogP contribution in [0.4, 0.5) is 0 Å². The molecule has 19 heavy (non-hydrogen) atoms. The fourth-order valence-electron chi connectivity index (χ4n) is 1.66. The van der Waals surface area contributed by atoms with Crippen molar-refractivity contribution in [2.45, 2.75) is 13.8 Å². The molecule has 0 saturated carbocycles. The molecule has 1 N–H and O–H groups in total. The minimum absolute atomic E-state index is 0.204. The second-order valence-electron chi connectivity index (χ2n) is 4.42. The zero-order chi connectivity index (χ0) is 13.7. The molecule has 0 heterocycles. The first kappa shape index (κ1) is 13.0. The Hall–Kier alpha value is -2.42. The van der Waals surface area contributed by atoms with Crippen LogP contribution in [0.15, 0.2) is 53.6 Å². The molecule has 0 aliphatic heterocycles. The van der Waals surface area contributed by atoms with E-state index in [0.717, 1.165) is 16.7 Å². The van der Waals surface area contributed by atoms with Crippen molar-refractivity contribution in [2.75, 3.05) is 0 Å². The maximum Gasteiger partial charge on any atom is 0.271 e. The van der Waals surface area contributed by atoms with E-state index < -0.39 is 0 Å². The van der Waals surface area contributed by atoms with Gasteiger partial charge in [-0.25, -0.2) is 5.43 Å². The molecule has 0 aromatic heterocycles. The Bertz CT molecular complexity index is 600. The highest BCUT2D eigenvalue weighted by atomic mass is 16.2. The van der Waals surface area contributed by atoms with Gasteiger partial charge in [0.25, 0.3) is 5.91 Å². The molecular weight excluding hydrogens is 236 g/mol. The normalized spacial score (nSPS) is 10.6. The van der Waals surface area contributed by atoms with Crippen molar-refractivity contribution < 1.29 is 4.79 Å². The third-order valence-electron chi connectivity index (χ3n) is 2.87. The van der Waals surface area contributed by atoms with Gasteiger partial charge in [-0.1, -0.05) is 42.0 Å². The lowest BCUT2D eigenvalue weighted by Crippen LogP contribution is -2.17. The maximum atomic E-state index is 11.8. The van der Waals surface area contributed by atoms with Crippen LogP contribution in [0.1, 0.15) is 27.0 Å². The number of hydrazone groups is 1. The number of carbonyl (C=O) groups is 1. The Balaban J connectivity index is 2.01. The third kappa shape index (κ3) is 3.52. The van der Waals surface area contributed by atoms with Crippen molar-refractivity contribution >= 4 is 12.1 Å². The molecule has 3 heteroatoms. The van der Waals surface area contributed by atoms with E-state index in [2.05, 4.69) is 10.5 Å². The summed E-state index contributed by atoms with van der Waals surface area (Å²) in [5.74, 6) is -0.204. The second kappa shape index (κ2) is 5.96. The van der Waals surface area contributed by atoms with E-state index in [1.807, 2.05) is 50.2 Å². The Labute approximate surface area is 113 Å². The highest BCUT2D eigenvalue weighted by molar-refractivity contribution is 5.95. The zero-order valence-electron chi connectivity index (χ0n) is 11.1. The molecule has 0 unspecified atom stereocenters. The summed E-state index contributed by atoms with van der Waals surface area (Å²) in [7, 11) is 0. The first-order valence-corrected chi connectivity index (χ1v) is 6.12. The van der Waals surface area contributed by atoms with E-state index in [9.17, 15) is 4.79 Å². The van der Waals surface area contributed by atoms with Gasteiger partial charge in [-0.15, -0.1) is 0 Å². The monoisotopic (exact) mass is 252 g/mol. The molecule has 0 bridgehead atoms. The molecule has 1 amide bonds. The maximum absolute atomic E-state index is 11.8. The zero-order valence-corrected chi connectivity index (χ0v) is 11.1. The summed E-state index contributed by atoms with van der Waals surface area (Å²) >= 11 is 0. The Kier molecular flexibility index (Phi) is 4.08. The van der Waals surface area contributed by atoms with Crippen molar-refractivity contribution in [3.8, 4) is 0 Å². The van der Waals surface area contributed by atoms with Crippen LogP contribution in [-0.4, -0.2) is 12.1 Å². The van der Waals surface area contributed by atoms with Crippen LogP contribution in [0.2, 0.25) is 0 Å². The van der Waals surface area contributed by atoms with Crippen LogP contribution in [0.3, 0.4) is 0 Å². The number of hydrogen-bond acceptors (Lipinski definition) is 2. The van der Waals surface area contributed by atoms with E-state index in [1.165, 1.54) is 0 Å². The van der Waals surface area contributed by atoms with Gasteiger partial charge in [0, 0.05) is 5.56 Å². The van der Waals surface area contributed by atoms with E-state index in [-0.39, 0.29) is 5.91 Å². The van der Waals surface area contributed by atoms with Gasteiger partial charge in [-0.05, 0) is 37.1 Å². The van der Waals surface area contributed by atoms with Crippen molar-refractivity contribution in [3.05, 3.63) is 70.8 Å². The summed E-state index contributed by atoms with van der Waals surface area (Å²) in [4.78, 5) is 11.8. The highest BCUT2D eigenvalue weighted by Gasteiger charge is 2.02. The second-order valence-corrected chi connectivity index (χ2v) is 4.42. The molecule has 0 saturated heterocycles. The van der Waals surface area contributed by atoms with Gasteiger partial charge in [0.05, 0.1) is 6.21 Å². The summed E-state index contributed by atoms with van der Waals surface area (Å²) in [5, 5.41) is 3.98. The van der Waals surface area contributed by atoms with Crippen LogP contribution >= 0.6 is 0 Å². The fourth-order valence-corrected chi connectivity index (χ4v) is 1.66. The Morgan fingerprint density at radius 2 is 1.74 bits per heavy atom. The van der Waals surface area contributed by atoms with E-state index >= 15 is 0 Å². The topological polar surface area (TPSA) is 41.5 Å². The minimum atomic E-state index is -0.204. The average Bonchev–Trinajstić information content (AvgIpc) is 2.41. The molecule has 0 aliphatic carbocycles.